The van der Waals surface area contributed by atoms with Gasteiger partial charge in [0.15, 0.2) is 0 Å². The van der Waals surface area contributed by atoms with Crippen molar-refractivity contribution in [3.63, 3.8) is 0 Å². The van der Waals surface area contributed by atoms with Crippen LogP contribution in [0.2, 0.25) is 0 Å². The zero-order valence-electron chi connectivity index (χ0n) is 15.3. The van der Waals surface area contributed by atoms with Crippen molar-refractivity contribution in [3.8, 4) is 0 Å². The molecule has 2 rings (SSSR count). The zero-order valence-corrected chi connectivity index (χ0v) is 15.3. The van der Waals surface area contributed by atoms with E-state index < -0.39 is 0 Å². The van der Waals surface area contributed by atoms with Gasteiger partial charge in [-0.15, -0.1) is 0 Å². The summed E-state index contributed by atoms with van der Waals surface area (Å²) < 4.78 is 1.63. The molecule has 0 saturated heterocycles. The van der Waals surface area contributed by atoms with Gasteiger partial charge >= 0.3 is 0 Å². The fourth-order valence-electron chi connectivity index (χ4n) is 2.70. The minimum absolute atomic E-state index is 0.0311. The number of pyridine rings is 1. The average molecular weight is 325 g/mol. The first-order valence-corrected chi connectivity index (χ1v) is 8.43. The van der Waals surface area contributed by atoms with E-state index in [2.05, 4.69) is 26.8 Å². The van der Waals surface area contributed by atoms with E-state index in [0.29, 0.717) is 12.5 Å². The summed E-state index contributed by atoms with van der Waals surface area (Å²) in [6.07, 6.45) is 2.86. The summed E-state index contributed by atoms with van der Waals surface area (Å²) in [5.74, 6) is 0.294. The Morgan fingerprint density at radius 2 is 1.96 bits per heavy atom. The zero-order chi connectivity index (χ0) is 17.9. The fraction of sp³-hybridized carbons (Fsp3) is 0.400. The number of aromatic nitrogens is 1. The molecular formula is C20H27N3O. The van der Waals surface area contributed by atoms with Crippen LogP contribution in [-0.2, 0) is 13.6 Å². The first-order chi connectivity index (χ1) is 11.4. The molecule has 128 valence electrons. The van der Waals surface area contributed by atoms with E-state index in [4.69, 9.17) is 10.7 Å². The molecule has 24 heavy (non-hydrogen) atoms. The van der Waals surface area contributed by atoms with Crippen LogP contribution in [0.4, 0.5) is 5.69 Å². The number of aliphatic imine (C=N–C) groups is 1. The lowest BCUT2D eigenvalue weighted by molar-refractivity contribution is 0.737. The SMILES string of the molecule is CCC(C)C(=Nc1cc(CN)ccc1C)c1cc(C)c(=O)n(C)c1. The Morgan fingerprint density at radius 3 is 2.54 bits per heavy atom. The van der Waals surface area contributed by atoms with Crippen molar-refractivity contribution in [2.75, 3.05) is 0 Å². The number of hydrogen-bond donors (Lipinski definition) is 1. The van der Waals surface area contributed by atoms with Crippen LogP contribution in [0.15, 0.2) is 40.2 Å². The van der Waals surface area contributed by atoms with Crippen LogP contribution < -0.4 is 11.3 Å². The summed E-state index contributed by atoms with van der Waals surface area (Å²) in [6.45, 7) is 8.72. The lowest BCUT2D eigenvalue weighted by atomic mass is 9.96. The molecule has 4 nitrogen and oxygen atoms in total. The van der Waals surface area contributed by atoms with Crippen molar-refractivity contribution in [1.29, 1.82) is 0 Å². The van der Waals surface area contributed by atoms with Gasteiger partial charge in [-0.05, 0) is 49.4 Å². The van der Waals surface area contributed by atoms with E-state index in [1.807, 2.05) is 31.3 Å². The van der Waals surface area contributed by atoms with Gasteiger partial charge in [-0.3, -0.25) is 9.79 Å². The molecule has 1 heterocycles. The van der Waals surface area contributed by atoms with Crippen molar-refractivity contribution < 1.29 is 0 Å². The Bertz CT molecular complexity index is 792. The Labute approximate surface area is 144 Å². The molecule has 4 heteroatoms. The highest BCUT2D eigenvalue weighted by Gasteiger charge is 2.14. The van der Waals surface area contributed by atoms with Crippen molar-refractivity contribution in [2.45, 2.75) is 40.7 Å². The summed E-state index contributed by atoms with van der Waals surface area (Å²) in [7, 11) is 1.79. The van der Waals surface area contributed by atoms with Crippen LogP contribution in [0.3, 0.4) is 0 Å². The first-order valence-electron chi connectivity index (χ1n) is 8.43. The summed E-state index contributed by atoms with van der Waals surface area (Å²) in [5, 5.41) is 0. The van der Waals surface area contributed by atoms with Crippen molar-refractivity contribution in [3.05, 3.63) is 63.1 Å². The largest absolute Gasteiger partial charge is 0.326 e. The van der Waals surface area contributed by atoms with Gasteiger partial charge in [0.1, 0.15) is 0 Å². The number of aryl methyl sites for hydroxylation is 3. The predicted octanol–water partition coefficient (Wildman–Crippen LogP) is 3.63. The highest BCUT2D eigenvalue weighted by Crippen LogP contribution is 2.24. The minimum atomic E-state index is 0.0311. The van der Waals surface area contributed by atoms with Gasteiger partial charge in [0.05, 0.1) is 11.4 Å². The molecule has 0 amide bonds. The van der Waals surface area contributed by atoms with Gasteiger partial charge in [-0.25, -0.2) is 0 Å². The van der Waals surface area contributed by atoms with Crippen LogP contribution in [-0.4, -0.2) is 10.3 Å². The van der Waals surface area contributed by atoms with E-state index in [-0.39, 0.29) is 5.56 Å². The molecule has 1 aromatic heterocycles. The molecule has 0 saturated carbocycles. The van der Waals surface area contributed by atoms with Gasteiger partial charge in [-0.2, -0.15) is 0 Å². The second-order valence-electron chi connectivity index (χ2n) is 6.46. The monoisotopic (exact) mass is 325 g/mol. The number of rotatable bonds is 5. The first kappa shape index (κ1) is 18.1. The van der Waals surface area contributed by atoms with Crippen molar-refractivity contribution >= 4 is 11.4 Å². The molecule has 0 aliphatic rings. The highest BCUT2D eigenvalue weighted by molar-refractivity contribution is 6.03. The fourth-order valence-corrected chi connectivity index (χ4v) is 2.70. The predicted molar refractivity (Wildman–Crippen MR) is 101 cm³/mol. The molecule has 0 spiro atoms. The maximum atomic E-state index is 12.0. The van der Waals surface area contributed by atoms with Gasteiger partial charge in [-0.1, -0.05) is 26.0 Å². The van der Waals surface area contributed by atoms with Gasteiger partial charge in [0.25, 0.3) is 5.56 Å². The lowest BCUT2D eigenvalue weighted by Crippen LogP contribution is -2.22. The number of benzene rings is 1. The average Bonchev–Trinajstić information content (AvgIpc) is 2.57. The number of nitrogens with zero attached hydrogens (tertiary/aromatic N) is 2. The van der Waals surface area contributed by atoms with E-state index in [1.54, 1.807) is 11.6 Å². The van der Waals surface area contributed by atoms with Crippen LogP contribution in [0, 0.1) is 19.8 Å². The van der Waals surface area contributed by atoms with E-state index >= 15 is 0 Å². The lowest BCUT2D eigenvalue weighted by Gasteiger charge is -2.16. The molecule has 1 unspecified atom stereocenters. The molecular weight excluding hydrogens is 298 g/mol. The maximum absolute atomic E-state index is 12.0. The molecule has 0 bridgehead atoms. The van der Waals surface area contributed by atoms with Crippen LogP contribution in [0.5, 0.6) is 0 Å². The van der Waals surface area contributed by atoms with Crippen molar-refractivity contribution in [2.24, 2.45) is 23.7 Å². The highest BCUT2D eigenvalue weighted by atomic mass is 16.1. The molecule has 0 aliphatic carbocycles. The third-order valence-electron chi connectivity index (χ3n) is 4.49. The van der Waals surface area contributed by atoms with E-state index in [9.17, 15) is 4.79 Å². The number of nitrogens with two attached hydrogens (primary N) is 1. The van der Waals surface area contributed by atoms with E-state index in [0.717, 1.165) is 40.1 Å². The molecule has 0 aliphatic heterocycles. The summed E-state index contributed by atoms with van der Waals surface area (Å²) >= 11 is 0. The van der Waals surface area contributed by atoms with Gasteiger partial charge in [0.2, 0.25) is 0 Å². The smallest absolute Gasteiger partial charge is 0.253 e. The Hall–Kier alpha value is -2.20. The molecule has 1 aromatic carbocycles. The summed E-state index contributed by atoms with van der Waals surface area (Å²) in [4.78, 5) is 17.0. The Kier molecular flexibility index (Phi) is 5.73. The summed E-state index contributed by atoms with van der Waals surface area (Å²) in [6, 6.07) is 8.08. The minimum Gasteiger partial charge on any atom is -0.326 e. The number of hydrogen-bond acceptors (Lipinski definition) is 3. The Balaban J connectivity index is 2.64. The summed E-state index contributed by atoms with van der Waals surface area (Å²) in [5.41, 5.74) is 11.7. The van der Waals surface area contributed by atoms with E-state index in [1.165, 1.54) is 0 Å². The van der Waals surface area contributed by atoms with Crippen molar-refractivity contribution in [1.82, 2.24) is 4.57 Å². The van der Waals surface area contributed by atoms with Crippen LogP contribution >= 0.6 is 0 Å². The second-order valence-corrected chi connectivity index (χ2v) is 6.46. The van der Waals surface area contributed by atoms with Crippen LogP contribution in [0.1, 0.15) is 42.5 Å². The standard InChI is InChI=1S/C20H27N3O/c1-6-13(2)19(17-9-15(4)20(24)23(5)12-17)22-18-10-16(11-21)8-7-14(18)3/h7-10,12-13H,6,11,21H2,1-5H3. The molecule has 2 N–H and O–H groups in total. The normalized spacial score (nSPS) is 13.2. The van der Waals surface area contributed by atoms with Gasteiger partial charge in [0, 0.05) is 30.9 Å². The van der Waals surface area contributed by atoms with Gasteiger partial charge < -0.3 is 10.3 Å². The maximum Gasteiger partial charge on any atom is 0.253 e. The third kappa shape index (κ3) is 3.82. The second kappa shape index (κ2) is 7.58. The van der Waals surface area contributed by atoms with Crippen LogP contribution in [0.25, 0.3) is 0 Å². The topological polar surface area (TPSA) is 60.4 Å². The molecule has 1 atom stereocenters. The molecule has 2 aromatic rings. The molecule has 0 fully saturated rings. The third-order valence-corrected chi connectivity index (χ3v) is 4.49. The quantitative estimate of drug-likeness (QED) is 0.853. The molecule has 0 radical (unpaired) electrons. The Morgan fingerprint density at radius 1 is 1.25 bits per heavy atom.